The Kier molecular flexibility index (Phi) is 5.32. The molecule has 0 bridgehead atoms. The second kappa shape index (κ2) is 7.24. The van der Waals surface area contributed by atoms with E-state index in [0.29, 0.717) is 17.3 Å². The lowest BCUT2D eigenvalue weighted by atomic mass is 10.2. The third-order valence-corrected chi connectivity index (χ3v) is 3.97. The molecule has 3 rings (SSSR count). The molecule has 1 aromatic heterocycles. The number of primary sulfonamides is 1. The van der Waals surface area contributed by atoms with Gasteiger partial charge < -0.3 is 11.1 Å². The first-order valence-electron chi connectivity index (χ1n) is 7.34. The summed E-state index contributed by atoms with van der Waals surface area (Å²) in [6, 6.07) is 11.4. The van der Waals surface area contributed by atoms with Crippen LogP contribution in [-0.2, 0) is 10.0 Å². The van der Waals surface area contributed by atoms with E-state index in [1.807, 2.05) is 19.9 Å². The number of rotatable bonds is 3. The topological polar surface area (TPSA) is 124 Å². The SMILES string of the molecule is CC.Nc1ccc2nc(Nc3ccc(S(N)(=O)=O)cc3)ncc2c1. The van der Waals surface area contributed by atoms with E-state index in [4.69, 9.17) is 10.9 Å². The molecule has 0 amide bonds. The number of fused-ring (bicyclic) bond motifs is 1. The number of aromatic nitrogens is 2. The Morgan fingerprint density at radius 3 is 2.33 bits per heavy atom. The highest BCUT2D eigenvalue weighted by Gasteiger charge is 2.07. The maximum absolute atomic E-state index is 11.2. The van der Waals surface area contributed by atoms with Gasteiger partial charge in [0, 0.05) is 23.0 Å². The van der Waals surface area contributed by atoms with Crippen molar-refractivity contribution in [3.8, 4) is 0 Å². The number of hydrogen-bond donors (Lipinski definition) is 3. The van der Waals surface area contributed by atoms with Crippen molar-refractivity contribution in [3.05, 3.63) is 48.7 Å². The maximum atomic E-state index is 11.2. The van der Waals surface area contributed by atoms with Gasteiger partial charge in [0.2, 0.25) is 16.0 Å². The lowest BCUT2D eigenvalue weighted by Crippen LogP contribution is -2.11. The van der Waals surface area contributed by atoms with Crippen molar-refractivity contribution in [2.45, 2.75) is 18.7 Å². The highest BCUT2D eigenvalue weighted by atomic mass is 32.2. The van der Waals surface area contributed by atoms with Crippen molar-refractivity contribution in [1.82, 2.24) is 9.97 Å². The summed E-state index contributed by atoms with van der Waals surface area (Å²) >= 11 is 0. The standard InChI is InChI=1S/C14H13N5O2S.C2H6/c15-10-1-6-13-9(7-10)8-17-14(19-13)18-11-2-4-12(5-3-11)22(16,20)21;1-2/h1-8H,15H2,(H2,16,20,21)(H,17,18,19);1-2H3. The van der Waals surface area contributed by atoms with Gasteiger partial charge in [-0.05, 0) is 42.5 Å². The van der Waals surface area contributed by atoms with Crippen LogP contribution < -0.4 is 16.2 Å². The summed E-state index contributed by atoms with van der Waals surface area (Å²) in [5, 5.41) is 8.89. The molecule has 3 aromatic rings. The Bertz CT molecular complexity index is 940. The van der Waals surface area contributed by atoms with Gasteiger partial charge in [-0.2, -0.15) is 0 Å². The number of anilines is 3. The fourth-order valence-electron chi connectivity index (χ4n) is 1.97. The van der Waals surface area contributed by atoms with Gasteiger partial charge in [-0.1, -0.05) is 13.8 Å². The lowest BCUT2D eigenvalue weighted by molar-refractivity contribution is 0.598. The Hall–Kier alpha value is -2.71. The number of hydrogen-bond acceptors (Lipinski definition) is 6. The van der Waals surface area contributed by atoms with E-state index >= 15 is 0 Å². The average Bonchev–Trinajstić information content (AvgIpc) is 2.56. The smallest absolute Gasteiger partial charge is 0.238 e. The van der Waals surface area contributed by atoms with Gasteiger partial charge in [-0.3, -0.25) is 0 Å². The minimum Gasteiger partial charge on any atom is -0.399 e. The van der Waals surface area contributed by atoms with Crippen LogP contribution in [0.5, 0.6) is 0 Å². The fourth-order valence-corrected chi connectivity index (χ4v) is 2.48. The third-order valence-electron chi connectivity index (χ3n) is 3.04. The molecule has 0 radical (unpaired) electrons. The number of nitrogens with two attached hydrogens (primary N) is 2. The molecule has 5 N–H and O–H groups in total. The van der Waals surface area contributed by atoms with Crippen molar-refractivity contribution < 1.29 is 8.42 Å². The zero-order valence-electron chi connectivity index (χ0n) is 13.4. The van der Waals surface area contributed by atoms with Crippen LogP contribution in [0.1, 0.15) is 13.8 Å². The fraction of sp³-hybridized carbons (Fsp3) is 0.125. The summed E-state index contributed by atoms with van der Waals surface area (Å²) in [6.45, 7) is 4.00. The Labute approximate surface area is 140 Å². The average molecular weight is 345 g/mol. The molecule has 0 aliphatic rings. The number of benzene rings is 2. The first-order valence-corrected chi connectivity index (χ1v) is 8.89. The summed E-state index contributed by atoms with van der Waals surface area (Å²) in [5.74, 6) is 0.403. The van der Waals surface area contributed by atoms with Crippen LogP contribution >= 0.6 is 0 Å². The van der Waals surface area contributed by atoms with Gasteiger partial charge in [0.25, 0.3) is 0 Å². The van der Waals surface area contributed by atoms with Gasteiger partial charge >= 0.3 is 0 Å². The van der Waals surface area contributed by atoms with Crippen molar-refractivity contribution in [2.24, 2.45) is 5.14 Å². The van der Waals surface area contributed by atoms with E-state index in [1.54, 1.807) is 30.5 Å². The molecule has 0 atom stereocenters. The van der Waals surface area contributed by atoms with Crippen LogP contribution in [-0.4, -0.2) is 18.4 Å². The van der Waals surface area contributed by atoms with Crippen LogP contribution in [0.2, 0.25) is 0 Å². The third kappa shape index (κ3) is 4.18. The minimum atomic E-state index is -3.70. The predicted octanol–water partition coefficient (Wildman–Crippen LogP) is 2.63. The van der Waals surface area contributed by atoms with Crippen LogP contribution in [0.25, 0.3) is 10.9 Å². The molecule has 24 heavy (non-hydrogen) atoms. The van der Waals surface area contributed by atoms with Crippen LogP contribution in [0.15, 0.2) is 53.6 Å². The Balaban J connectivity index is 0.00000100. The first kappa shape index (κ1) is 17.6. The molecule has 7 nitrogen and oxygen atoms in total. The molecular weight excluding hydrogens is 326 g/mol. The summed E-state index contributed by atoms with van der Waals surface area (Å²) in [6.07, 6.45) is 1.67. The number of nitrogen functional groups attached to an aromatic ring is 1. The maximum Gasteiger partial charge on any atom is 0.238 e. The van der Waals surface area contributed by atoms with Crippen LogP contribution in [0.3, 0.4) is 0 Å². The Morgan fingerprint density at radius 2 is 1.71 bits per heavy atom. The molecular formula is C16H19N5O2S. The quantitative estimate of drug-likeness (QED) is 0.627. The lowest BCUT2D eigenvalue weighted by Gasteiger charge is -2.06. The minimum absolute atomic E-state index is 0.0490. The molecule has 0 aliphatic carbocycles. The molecule has 8 heteroatoms. The zero-order valence-corrected chi connectivity index (χ0v) is 14.2. The normalized spacial score (nSPS) is 10.8. The predicted molar refractivity (Wildman–Crippen MR) is 96.4 cm³/mol. The van der Waals surface area contributed by atoms with Crippen molar-refractivity contribution >= 4 is 38.2 Å². The molecule has 126 valence electrons. The van der Waals surface area contributed by atoms with Crippen molar-refractivity contribution in [2.75, 3.05) is 11.1 Å². The van der Waals surface area contributed by atoms with Gasteiger partial charge in [-0.15, -0.1) is 0 Å². The second-order valence-corrected chi connectivity index (χ2v) is 6.27. The molecule has 0 aliphatic heterocycles. The zero-order chi connectivity index (χ0) is 17.7. The van der Waals surface area contributed by atoms with Gasteiger partial charge in [0.05, 0.1) is 10.4 Å². The van der Waals surface area contributed by atoms with Crippen LogP contribution in [0, 0.1) is 0 Å². The molecule has 0 saturated carbocycles. The summed E-state index contributed by atoms with van der Waals surface area (Å²) in [5.41, 5.74) is 7.76. The molecule has 2 aromatic carbocycles. The van der Waals surface area contributed by atoms with Gasteiger partial charge in [0.15, 0.2) is 0 Å². The van der Waals surface area contributed by atoms with Crippen LogP contribution in [0.4, 0.5) is 17.3 Å². The molecule has 1 heterocycles. The Morgan fingerprint density at radius 1 is 1.04 bits per heavy atom. The summed E-state index contributed by atoms with van der Waals surface area (Å²) in [7, 11) is -3.70. The number of sulfonamides is 1. The monoisotopic (exact) mass is 345 g/mol. The van der Waals surface area contributed by atoms with Gasteiger partial charge in [0.1, 0.15) is 0 Å². The van der Waals surface area contributed by atoms with Crippen molar-refractivity contribution in [3.63, 3.8) is 0 Å². The van der Waals surface area contributed by atoms with Crippen molar-refractivity contribution in [1.29, 1.82) is 0 Å². The number of nitrogens with zero attached hydrogens (tertiary/aromatic N) is 2. The molecule has 0 fully saturated rings. The second-order valence-electron chi connectivity index (χ2n) is 4.71. The molecule has 0 spiro atoms. The highest BCUT2D eigenvalue weighted by molar-refractivity contribution is 7.89. The summed E-state index contributed by atoms with van der Waals surface area (Å²) < 4.78 is 22.4. The molecule has 0 unspecified atom stereocenters. The first-order chi connectivity index (χ1) is 11.4. The van der Waals surface area contributed by atoms with E-state index < -0.39 is 10.0 Å². The highest BCUT2D eigenvalue weighted by Crippen LogP contribution is 2.19. The summed E-state index contributed by atoms with van der Waals surface area (Å²) in [4.78, 5) is 8.60. The van der Waals surface area contributed by atoms with E-state index in [2.05, 4.69) is 15.3 Å². The van der Waals surface area contributed by atoms with Gasteiger partial charge in [-0.25, -0.2) is 23.5 Å². The van der Waals surface area contributed by atoms with E-state index in [-0.39, 0.29) is 4.90 Å². The van der Waals surface area contributed by atoms with E-state index in [1.165, 1.54) is 12.1 Å². The largest absolute Gasteiger partial charge is 0.399 e. The number of nitrogens with one attached hydrogen (secondary N) is 1. The van der Waals surface area contributed by atoms with E-state index in [9.17, 15) is 8.42 Å². The molecule has 0 saturated heterocycles. The van der Waals surface area contributed by atoms with E-state index in [0.717, 1.165) is 10.9 Å².